The Labute approximate surface area is 86.0 Å². The first-order chi connectivity index (χ1) is 0. The van der Waals surface area contributed by atoms with Crippen molar-refractivity contribution in [2.75, 3.05) is 0 Å². The summed E-state index contributed by atoms with van der Waals surface area (Å²) < 4.78 is 0. The molecule has 12 nitrogen and oxygen atoms in total. The average Bonchev–Trinajstić information content (AvgIpc) is 0. The molecule has 98 valence electrons. The molecule has 0 fully saturated rings. The smallest absolute Gasteiger partial charge is 0 e. The van der Waals surface area contributed by atoms with Gasteiger partial charge in [0.1, 0.15) is 0 Å². The Morgan fingerprint density at radius 2 is 0.154 bits per heavy atom. The standard InChI is InChI=1S/12H2O.Zn/h12*1H2;. The summed E-state index contributed by atoms with van der Waals surface area (Å²) in [6.45, 7) is 0. The van der Waals surface area contributed by atoms with Crippen molar-refractivity contribution in [3.05, 3.63) is 0 Å². The number of rotatable bonds is 0. The molecular weight excluding hydrogens is 257 g/mol. The molecule has 0 aromatic rings. The van der Waals surface area contributed by atoms with E-state index >= 15 is 0 Å². The molecule has 0 saturated heterocycles. The predicted octanol–water partition coefficient (Wildman–Crippen LogP) is -9.90. The summed E-state index contributed by atoms with van der Waals surface area (Å²) in [4.78, 5) is 0. The largest absolute Gasteiger partial charge is 0.412 e. The van der Waals surface area contributed by atoms with E-state index < -0.39 is 0 Å². The quantitative estimate of drug-likeness (QED) is 0.373. The van der Waals surface area contributed by atoms with E-state index in [0.29, 0.717) is 0 Å². The van der Waals surface area contributed by atoms with Gasteiger partial charge in [0.2, 0.25) is 0 Å². The molecule has 0 radical (unpaired) electrons. The van der Waals surface area contributed by atoms with Gasteiger partial charge in [-0.3, -0.25) is 0 Å². The van der Waals surface area contributed by atoms with Gasteiger partial charge < -0.3 is 65.7 Å². The monoisotopic (exact) mass is 280 g/mol. The molecule has 0 saturated carbocycles. The van der Waals surface area contributed by atoms with Crippen molar-refractivity contribution in [2.45, 2.75) is 0 Å². The van der Waals surface area contributed by atoms with Crippen molar-refractivity contribution < 1.29 is 85.2 Å². The molecule has 0 aromatic heterocycles. The Morgan fingerprint density at radius 3 is 0.154 bits per heavy atom. The van der Waals surface area contributed by atoms with E-state index in [1.807, 2.05) is 0 Å². The van der Waals surface area contributed by atoms with Crippen LogP contribution in [0.1, 0.15) is 0 Å². The van der Waals surface area contributed by atoms with Crippen molar-refractivity contribution in [3.8, 4) is 0 Å². The summed E-state index contributed by atoms with van der Waals surface area (Å²) in [5.41, 5.74) is 0. The predicted molar refractivity (Wildman–Crippen MR) is 43.4 cm³/mol. The minimum absolute atomic E-state index is 0. The third kappa shape index (κ3) is 60800. The maximum Gasteiger partial charge on any atom is 0 e. The Balaban J connectivity index is 0. The van der Waals surface area contributed by atoms with E-state index in [1.54, 1.807) is 0 Å². The molecule has 0 spiro atoms. The van der Waals surface area contributed by atoms with Crippen LogP contribution in [0, 0.1) is 0 Å². The van der Waals surface area contributed by atoms with Crippen LogP contribution >= 0.6 is 0 Å². The van der Waals surface area contributed by atoms with Gasteiger partial charge in [0.25, 0.3) is 0 Å². The second-order valence-electron chi connectivity index (χ2n) is 0. The Hall–Kier alpha value is 0.143. The zero-order valence-corrected chi connectivity index (χ0v) is 9.67. The molecule has 0 heterocycles. The third-order valence-electron chi connectivity index (χ3n) is 0. The number of hydrogen-bond acceptors (Lipinski definition) is 0. The van der Waals surface area contributed by atoms with Crippen LogP contribution in [-0.4, -0.2) is 65.7 Å². The first-order valence-corrected chi connectivity index (χ1v) is 0. The van der Waals surface area contributed by atoms with Gasteiger partial charge in [0.05, 0.1) is 0 Å². The molecular formula is H24O12Zn. The van der Waals surface area contributed by atoms with E-state index in [2.05, 4.69) is 0 Å². The summed E-state index contributed by atoms with van der Waals surface area (Å²) in [5.74, 6) is 0. The molecule has 0 atom stereocenters. The van der Waals surface area contributed by atoms with E-state index in [9.17, 15) is 0 Å². The van der Waals surface area contributed by atoms with Crippen LogP contribution in [0.2, 0.25) is 0 Å². The summed E-state index contributed by atoms with van der Waals surface area (Å²) >= 11 is 0. The van der Waals surface area contributed by atoms with E-state index in [4.69, 9.17) is 0 Å². The Bertz CT molecular complexity index is 5.09. The molecule has 13 heteroatoms. The van der Waals surface area contributed by atoms with Gasteiger partial charge in [-0.25, -0.2) is 0 Å². The molecule has 0 aliphatic heterocycles. The Morgan fingerprint density at radius 1 is 0.154 bits per heavy atom. The fourth-order valence-electron chi connectivity index (χ4n) is 0. The van der Waals surface area contributed by atoms with Crippen molar-refractivity contribution in [2.24, 2.45) is 0 Å². The first kappa shape index (κ1) is 94300. The van der Waals surface area contributed by atoms with Gasteiger partial charge >= 0.3 is 0 Å². The first-order valence-electron chi connectivity index (χ1n) is 0. The van der Waals surface area contributed by atoms with Gasteiger partial charge in [0.15, 0.2) is 0 Å². The molecule has 0 aromatic carbocycles. The van der Waals surface area contributed by atoms with Crippen molar-refractivity contribution in [3.63, 3.8) is 0 Å². The normalized spacial score (nSPS) is 0. The van der Waals surface area contributed by atoms with Gasteiger partial charge in [0, 0.05) is 19.5 Å². The maximum absolute atomic E-state index is 0. The van der Waals surface area contributed by atoms with Gasteiger partial charge in [-0.15, -0.1) is 0 Å². The zero-order chi connectivity index (χ0) is 0. The molecule has 0 aliphatic rings. The van der Waals surface area contributed by atoms with Gasteiger partial charge in [-0.05, 0) is 0 Å². The van der Waals surface area contributed by atoms with Crippen molar-refractivity contribution in [1.29, 1.82) is 0 Å². The molecule has 0 unspecified atom stereocenters. The average molecular weight is 282 g/mol. The molecule has 24 N–H and O–H groups in total. The molecule has 0 aliphatic carbocycles. The molecule has 0 amide bonds. The van der Waals surface area contributed by atoms with Crippen LogP contribution in [-0.2, 0) is 19.5 Å². The van der Waals surface area contributed by atoms with E-state index in [-0.39, 0.29) is 85.2 Å². The van der Waals surface area contributed by atoms with Crippen LogP contribution in [0.4, 0.5) is 0 Å². The summed E-state index contributed by atoms with van der Waals surface area (Å²) in [5, 5.41) is 0. The fourth-order valence-corrected chi connectivity index (χ4v) is 0. The van der Waals surface area contributed by atoms with Gasteiger partial charge in [-0.2, -0.15) is 0 Å². The number of hydrogen-bond donors (Lipinski definition) is 0. The zero-order valence-electron chi connectivity index (χ0n) is 6.71. The van der Waals surface area contributed by atoms with E-state index in [1.165, 1.54) is 0 Å². The second-order valence-corrected chi connectivity index (χ2v) is 0. The van der Waals surface area contributed by atoms with E-state index in [0.717, 1.165) is 0 Å². The van der Waals surface area contributed by atoms with Crippen molar-refractivity contribution in [1.82, 2.24) is 0 Å². The minimum atomic E-state index is 0. The SMILES string of the molecule is O.O.O.O.O.O.O.O.O.O.O.O.[Zn]. The maximum atomic E-state index is 0. The van der Waals surface area contributed by atoms with Crippen LogP contribution in [0.5, 0.6) is 0 Å². The van der Waals surface area contributed by atoms with Crippen LogP contribution < -0.4 is 0 Å². The molecule has 0 bridgehead atoms. The summed E-state index contributed by atoms with van der Waals surface area (Å²) in [6.07, 6.45) is 0. The van der Waals surface area contributed by atoms with Crippen LogP contribution in [0.25, 0.3) is 0 Å². The fraction of sp³-hybridized carbons (Fsp3) is 0. The molecule has 13 heavy (non-hydrogen) atoms. The van der Waals surface area contributed by atoms with Gasteiger partial charge in [-0.1, -0.05) is 0 Å². The topological polar surface area (TPSA) is 378 Å². The summed E-state index contributed by atoms with van der Waals surface area (Å²) in [6, 6.07) is 0. The van der Waals surface area contributed by atoms with Crippen LogP contribution in [0.3, 0.4) is 0 Å². The Kier molecular flexibility index (Phi) is 532000000. The van der Waals surface area contributed by atoms with Crippen LogP contribution in [0.15, 0.2) is 0 Å². The second kappa shape index (κ2) is 73400. The molecule has 0 rings (SSSR count). The van der Waals surface area contributed by atoms with Crippen molar-refractivity contribution >= 4 is 0 Å². The summed E-state index contributed by atoms with van der Waals surface area (Å²) in [7, 11) is 0. The third-order valence-corrected chi connectivity index (χ3v) is 0. The minimum Gasteiger partial charge on any atom is -0.412 e.